The number of ketones is 1. The summed E-state index contributed by atoms with van der Waals surface area (Å²) in [6, 6.07) is 22.1. The highest BCUT2D eigenvalue weighted by molar-refractivity contribution is 7.99. The van der Waals surface area contributed by atoms with Crippen LogP contribution in [0.25, 0.3) is 0 Å². The Morgan fingerprint density at radius 1 is 0.958 bits per heavy atom. The second-order valence-corrected chi connectivity index (χ2v) is 7.25. The molecule has 0 fully saturated rings. The Hall–Kier alpha value is -2.26. The summed E-state index contributed by atoms with van der Waals surface area (Å²) in [6.07, 6.45) is 3.50. The van der Waals surface area contributed by atoms with Crippen LogP contribution in [0, 0.1) is 5.92 Å². The lowest BCUT2D eigenvalue weighted by atomic mass is 9.80. The maximum absolute atomic E-state index is 13.1. The fraction of sp³-hybridized carbons (Fsp3) is 0.190. The number of carbonyl (C=O) groups is 1. The van der Waals surface area contributed by atoms with Crippen LogP contribution < -0.4 is 0 Å². The Labute approximate surface area is 145 Å². The summed E-state index contributed by atoms with van der Waals surface area (Å²) < 4.78 is 5.68. The average Bonchev–Trinajstić information content (AvgIpc) is 3.16. The molecule has 1 heterocycles. The standard InChI is InChI=1S/C21H18O2S/c22-20-17-10-5-4-7-15(17)12-13-18(20)21(19-11-6-14-23-19)24-16-8-2-1-3-9-16/h1-11,14,18,21H,12-13H2/t18-,21-/m1/s1. The molecule has 0 unspecified atom stereocenters. The zero-order valence-corrected chi connectivity index (χ0v) is 14.0. The molecule has 1 aliphatic carbocycles. The van der Waals surface area contributed by atoms with Gasteiger partial charge in [0.05, 0.1) is 11.5 Å². The smallest absolute Gasteiger partial charge is 0.167 e. The molecule has 3 aromatic rings. The first-order valence-corrected chi connectivity index (χ1v) is 9.08. The van der Waals surface area contributed by atoms with E-state index in [0.717, 1.165) is 29.1 Å². The van der Waals surface area contributed by atoms with E-state index in [1.165, 1.54) is 5.56 Å². The van der Waals surface area contributed by atoms with Crippen LogP contribution in [0.3, 0.4) is 0 Å². The van der Waals surface area contributed by atoms with Crippen molar-refractivity contribution in [1.29, 1.82) is 0 Å². The van der Waals surface area contributed by atoms with Crippen molar-refractivity contribution in [2.24, 2.45) is 5.92 Å². The first-order chi connectivity index (χ1) is 11.8. The third kappa shape index (κ3) is 2.92. The molecule has 0 aliphatic heterocycles. The number of thioether (sulfide) groups is 1. The minimum atomic E-state index is -0.0590. The summed E-state index contributed by atoms with van der Waals surface area (Å²) in [5, 5.41) is 0.00301. The van der Waals surface area contributed by atoms with Crippen molar-refractivity contribution in [3.8, 4) is 0 Å². The van der Waals surface area contributed by atoms with Gasteiger partial charge in [-0.1, -0.05) is 42.5 Å². The Morgan fingerprint density at radius 3 is 2.54 bits per heavy atom. The fourth-order valence-electron chi connectivity index (χ4n) is 3.35. The van der Waals surface area contributed by atoms with Gasteiger partial charge in [-0.05, 0) is 42.7 Å². The fourth-order valence-corrected chi connectivity index (χ4v) is 4.63. The van der Waals surface area contributed by atoms with Crippen molar-refractivity contribution in [2.75, 3.05) is 0 Å². The van der Waals surface area contributed by atoms with Crippen LogP contribution >= 0.6 is 11.8 Å². The van der Waals surface area contributed by atoms with Gasteiger partial charge in [-0.3, -0.25) is 4.79 Å². The normalized spacial score (nSPS) is 18.2. The molecule has 2 aromatic carbocycles. The molecule has 4 rings (SSSR count). The summed E-state index contributed by atoms with van der Waals surface area (Å²) in [7, 11) is 0. The highest BCUT2D eigenvalue weighted by atomic mass is 32.2. The Bertz CT molecular complexity index is 824. The molecule has 0 bridgehead atoms. The van der Waals surface area contributed by atoms with Gasteiger partial charge in [0, 0.05) is 16.4 Å². The summed E-state index contributed by atoms with van der Waals surface area (Å²) >= 11 is 1.72. The summed E-state index contributed by atoms with van der Waals surface area (Å²) in [4.78, 5) is 14.2. The number of carbonyl (C=O) groups excluding carboxylic acids is 1. The Balaban J connectivity index is 1.68. The van der Waals surface area contributed by atoms with Crippen LogP contribution in [0.1, 0.15) is 33.4 Å². The quantitative estimate of drug-likeness (QED) is 0.585. The van der Waals surface area contributed by atoms with E-state index >= 15 is 0 Å². The maximum atomic E-state index is 13.1. The van der Waals surface area contributed by atoms with Gasteiger partial charge in [-0.25, -0.2) is 0 Å². The molecule has 2 atom stereocenters. The van der Waals surface area contributed by atoms with E-state index in [0.29, 0.717) is 0 Å². The van der Waals surface area contributed by atoms with Crippen molar-refractivity contribution in [3.63, 3.8) is 0 Å². The van der Waals surface area contributed by atoms with E-state index < -0.39 is 0 Å². The third-order valence-corrected chi connectivity index (χ3v) is 5.90. The lowest BCUT2D eigenvalue weighted by Crippen LogP contribution is -2.26. The van der Waals surface area contributed by atoms with Crippen molar-refractivity contribution in [2.45, 2.75) is 23.0 Å². The summed E-state index contributed by atoms with van der Waals surface area (Å²) in [5.74, 6) is 1.06. The number of Topliss-reactive ketones (excluding diaryl/α,β-unsaturated/α-hetero) is 1. The molecule has 1 aliphatic rings. The number of rotatable bonds is 4. The predicted molar refractivity (Wildman–Crippen MR) is 96.3 cm³/mol. The third-order valence-electron chi connectivity index (χ3n) is 4.54. The van der Waals surface area contributed by atoms with Crippen molar-refractivity contribution >= 4 is 17.5 Å². The number of hydrogen-bond acceptors (Lipinski definition) is 3. The molecule has 120 valence electrons. The second kappa shape index (κ2) is 6.70. The van der Waals surface area contributed by atoms with Gasteiger partial charge in [-0.15, -0.1) is 11.8 Å². The lowest BCUT2D eigenvalue weighted by molar-refractivity contribution is 0.0894. The van der Waals surface area contributed by atoms with Gasteiger partial charge in [0.1, 0.15) is 5.76 Å². The van der Waals surface area contributed by atoms with Crippen molar-refractivity contribution in [1.82, 2.24) is 0 Å². The molecule has 0 N–H and O–H groups in total. The Morgan fingerprint density at radius 2 is 1.75 bits per heavy atom. The Kier molecular flexibility index (Phi) is 4.26. The summed E-state index contributed by atoms with van der Waals surface area (Å²) in [5.41, 5.74) is 2.04. The number of fused-ring (bicyclic) bond motifs is 1. The van der Waals surface area contributed by atoms with Gasteiger partial charge in [0.2, 0.25) is 0 Å². The maximum Gasteiger partial charge on any atom is 0.167 e. The number of aryl methyl sites for hydroxylation is 1. The van der Waals surface area contributed by atoms with Gasteiger partial charge in [0.25, 0.3) is 0 Å². The zero-order valence-electron chi connectivity index (χ0n) is 13.2. The van der Waals surface area contributed by atoms with Crippen LogP contribution in [-0.4, -0.2) is 5.78 Å². The van der Waals surface area contributed by atoms with E-state index in [2.05, 4.69) is 18.2 Å². The van der Waals surface area contributed by atoms with Crippen LogP contribution in [0.2, 0.25) is 0 Å². The largest absolute Gasteiger partial charge is 0.468 e. The molecular weight excluding hydrogens is 316 g/mol. The molecule has 3 heteroatoms. The number of benzene rings is 2. The molecule has 1 aromatic heterocycles. The van der Waals surface area contributed by atoms with Crippen LogP contribution in [-0.2, 0) is 6.42 Å². The predicted octanol–water partition coefficient (Wildman–Crippen LogP) is 5.56. The SMILES string of the molecule is O=C1c2ccccc2CC[C@H]1[C@@H](Sc1ccccc1)c1ccco1. The van der Waals surface area contributed by atoms with Crippen LogP contribution in [0.5, 0.6) is 0 Å². The van der Waals surface area contributed by atoms with E-state index in [1.807, 2.05) is 48.5 Å². The van der Waals surface area contributed by atoms with Crippen molar-refractivity contribution in [3.05, 3.63) is 89.9 Å². The topological polar surface area (TPSA) is 30.2 Å². The molecule has 24 heavy (non-hydrogen) atoms. The van der Waals surface area contributed by atoms with Gasteiger partial charge in [0.15, 0.2) is 5.78 Å². The second-order valence-electron chi connectivity index (χ2n) is 6.03. The molecule has 2 nitrogen and oxygen atoms in total. The monoisotopic (exact) mass is 334 g/mol. The zero-order chi connectivity index (χ0) is 16.4. The van der Waals surface area contributed by atoms with Gasteiger partial charge in [-0.2, -0.15) is 0 Å². The molecule has 0 saturated carbocycles. The van der Waals surface area contributed by atoms with E-state index in [4.69, 9.17) is 4.42 Å². The minimum Gasteiger partial charge on any atom is -0.468 e. The first-order valence-electron chi connectivity index (χ1n) is 8.20. The highest BCUT2D eigenvalue weighted by Crippen LogP contribution is 2.45. The molecule has 0 spiro atoms. The molecular formula is C21H18O2S. The molecule has 0 amide bonds. The van der Waals surface area contributed by atoms with Crippen LogP contribution in [0.4, 0.5) is 0 Å². The lowest BCUT2D eigenvalue weighted by Gasteiger charge is -2.29. The van der Waals surface area contributed by atoms with Crippen molar-refractivity contribution < 1.29 is 9.21 Å². The van der Waals surface area contributed by atoms with E-state index in [-0.39, 0.29) is 17.0 Å². The van der Waals surface area contributed by atoms with E-state index in [1.54, 1.807) is 18.0 Å². The van der Waals surface area contributed by atoms with Crippen LogP contribution in [0.15, 0.2) is 82.3 Å². The molecule has 0 radical (unpaired) electrons. The number of furan rings is 1. The first kappa shape index (κ1) is 15.3. The molecule has 0 saturated heterocycles. The minimum absolute atomic E-state index is 0.00301. The highest BCUT2D eigenvalue weighted by Gasteiger charge is 2.36. The number of hydrogen-bond donors (Lipinski definition) is 0. The van der Waals surface area contributed by atoms with Gasteiger partial charge >= 0.3 is 0 Å². The van der Waals surface area contributed by atoms with Gasteiger partial charge < -0.3 is 4.42 Å². The average molecular weight is 334 g/mol. The summed E-state index contributed by atoms with van der Waals surface area (Å²) in [6.45, 7) is 0. The van der Waals surface area contributed by atoms with E-state index in [9.17, 15) is 4.79 Å².